The van der Waals surface area contributed by atoms with Crippen LogP contribution >= 0.6 is 11.3 Å². The van der Waals surface area contributed by atoms with Crippen LogP contribution in [0.3, 0.4) is 0 Å². The first-order chi connectivity index (χ1) is 20.2. The maximum absolute atomic E-state index is 15.7. The van der Waals surface area contributed by atoms with Crippen LogP contribution in [0.4, 0.5) is 15.8 Å². The molecule has 4 aromatic rings. The Morgan fingerprint density at radius 2 is 2.10 bits per heavy atom. The summed E-state index contributed by atoms with van der Waals surface area (Å²) in [7, 11) is 0. The fourth-order valence-electron chi connectivity index (χ4n) is 5.87. The molecular formula is C30H30FN9OS. The number of thiazole rings is 1. The molecule has 7 rings (SSSR count). The Kier molecular flexibility index (Phi) is 6.00. The number of benzene rings is 2. The molecule has 1 amide bonds. The molecule has 1 aliphatic carbocycles. The highest BCUT2D eigenvalue weighted by atomic mass is 32.1. The highest BCUT2D eigenvalue weighted by Gasteiger charge is 2.58. The molecule has 1 atom stereocenters. The minimum absolute atomic E-state index is 0.0218. The van der Waals surface area contributed by atoms with Crippen molar-refractivity contribution in [2.24, 2.45) is 5.41 Å². The molecule has 2 aliphatic heterocycles. The van der Waals surface area contributed by atoms with Crippen LogP contribution in [0.25, 0.3) is 21.1 Å². The molecule has 1 saturated heterocycles. The number of amides is 1. The van der Waals surface area contributed by atoms with Crippen LogP contribution in [0.5, 0.6) is 0 Å². The molecule has 2 aromatic carbocycles. The molecule has 2 fully saturated rings. The van der Waals surface area contributed by atoms with E-state index >= 15 is 4.39 Å². The number of pyridine rings is 1. The summed E-state index contributed by atoms with van der Waals surface area (Å²) in [6, 6.07) is 10.8. The number of carbonyl (C=O) groups is 1. The number of aromatic nitrogens is 2. The molecule has 1 spiro atoms. The molecule has 12 heteroatoms. The van der Waals surface area contributed by atoms with Gasteiger partial charge in [0.25, 0.3) is 5.91 Å². The summed E-state index contributed by atoms with van der Waals surface area (Å²) in [5.74, 6) is 0.125. The molecule has 214 valence electrons. The van der Waals surface area contributed by atoms with E-state index in [2.05, 4.69) is 63.7 Å². The third-order valence-electron chi connectivity index (χ3n) is 8.18. The molecule has 0 unspecified atom stereocenters. The lowest BCUT2D eigenvalue weighted by Gasteiger charge is -2.41. The summed E-state index contributed by atoms with van der Waals surface area (Å²) in [6.45, 7) is 6.84. The Hall–Kier alpha value is -4.47. The van der Waals surface area contributed by atoms with Gasteiger partial charge in [0.15, 0.2) is 5.82 Å². The Bertz CT molecular complexity index is 1830. The number of hydrogen-bond donors (Lipinski definition) is 5. The number of rotatable bonds is 6. The van der Waals surface area contributed by atoms with Gasteiger partial charge in [-0.3, -0.25) is 14.8 Å². The molecule has 1 saturated carbocycles. The van der Waals surface area contributed by atoms with E-state index in [1.54, 1.807) is 5.51 Å². The number of carbonyl (C=O) groups excluding carboxylic acids is 1. The van der Waals surface area contributed by atoms with Crippen molar-refractivity contribution in [3.8, 4) is 6.07 Å². The second-order valence-electron chi connectivity index (χ2n) is 12.2. The average molecular weight is 584 g/mol. The van der Waals surface area contributed by atoms with E-state index < -0.39 is 17.4 Å². The van der Waals surface area contributed by atoms with E-state index in [0.717, 1.165) is 35.0 Å². The van der Waals surface area contributed by atoms with Gasteiger partial charge in [-0.05, 0) is 48.4 Å². The fraction of sp³-hybridized carbons (Fsp3) is 0.333. The van der Waals surface area contributed by atoms with E-state index in [-0.39, 0.29) is 16.8 Å². The Labute approximate surface area is 246 Å². The van der Waals surface area contributed by atoms with E-state index in [4.69, 9.17) is 0 Å². The summed E-state index contributed by atoms with van der Waals surface area (Å²) < 4.78 is 16.6. The van der Waals surface area contributed by atoms with Gasteiger partial charge in [-0.2, -0.15) is 5.26 Å². The number of nitrogens with one attached hydrogen (secondary N) is 5. The molecule has 3 aliphatic rings. The van der Waals surface area contributed by atoms with Crippen LogP contribution < -0.4 is 26.9 Å². The van der Waals surface area contributed by atoms with Crippen molar-refractivity contribution in [2.45, 2.75) is 51.6 Å². The predicted molar refractivity (Wildman–Crippen MR) is 160 cm³/mol. The maximum Gasteiger partial charge on any atom is 0.253 e. The molecule has 5 N–H and O–H groups in total. The third-order valence-corrected chi connectivity index (χ3v) is 9.07. The zero-order valence-electron chi connectivity index (χ0n) is 23.4. The summed E-state index contributed by atoms with van der Waals surface area (Å²) in [5.41, 5.74) is 11.7. The quantitative estimate of drug-likeness (QED) is 0.213. The van der Waals surface area contributed by atoms with Gasteiger partial charge in [-0.15, -0.1) is 16.9 Å². The predicted octanol–water partition coefficient (Wildman–Crippen LogP) is 5.01. The van der Waals surface area contributed by atoms with Crippen LogP contribution in [0.2, 0.25) is 0 Å². The minimum atomic E-state index is -0.604. The second-order valence-corrected chi connectivity index (χ2v) is 13.1. The standard InChI is InChI=1S/C30H30FN9OS/c1-29(2,3)14-34-22-16(12-32)13-33-23-19(22)10-17(11-20(23)31)36-24(18-6-4-7-21-26(18)42-15-35-21)25-27-37-28(41)30(8-5-9-30)40(27)39-38-25/h4,6-7,10-11,13,15,24,36,38-39H,5,8-9,14H2,1-3H3,(H,33,34)(H,37,41)/t24-/m0/s1. The van der Waals surface area contributed by atoms with Crippen molar-refractivity contribution in [3.63, 3.8) is 0 Å². The molecule has 2 aromatic heterocycles. The summed E-state index contributed by atoms with van der Waals surface area (Å²) in [6.07, 6.45) is 3.92. The van der Waals surface area contributed by atoms with E-state index in [1.807, 2.05) is 29.3 Å². The monoisotopic (exact) mass is 583 g/mol. The molecule has 0 radical (unpaired) electrons. The first-order valence-corrected chi connectivity index (χ1v) is 14.8. The van der Waals surface area contributed by atoms with Gasteiger partial charge in [0, 0.05) is 23.8 Å². The van der Waals surface area contributed by atoms with Gasteiger partial charge in [-0.1, -0.05) is 32.9 Å². The van der Waals surface area contributed by atoms with E-state index in [9.17, 15) is 10.1 Å². The average Bonchev–Trinajstić information content (AvgIpc) is 3.63. The number of anilines is 2. The third kappa shape index (κ3) is 4.11. The van der Waals surface area contributed by atoms with Crippen molar-refractivity contribution in [1.82, 2.24) is 31.3 Å². The Morgan fingerprint density at radius 3 is 2.83 bits per heavy atom. The topological polar surface area (TPSA) is 130 Å². The fourth-order valence-corrected chi connectivity index (χ4v) is 6.71. The van der Waals surface area contributed by atoms with Crippen LogP contribution in [-0.4, -0.2) is 33.0 Å². The van der Waals surface area contributed by atoms with Gasteiger partial charge >= 0.3 is 0 Å². The Morgan fingerprint density at radius 1 is 1.26 bits per heavy atom. The molecule has 4 heterocycles. The number of hydrogen-bond acceptors (Lipinski definition) is 10. The molecular weight excluding hydrogens is 553 g/mol. The van der Waals surface area contributed by atoms with Crippen LogP contribution in [0, 0.1) is 22.6 Å². The smallest absolute Gasteiger partial charge is 0.253 e. The van der Waals surface area contributed by atoms with E-state index in [1.165, 1.54) is 23.6 Å². The maximum atomic E-state index is 15.7. The Balaban J connectivity index is 1.36. The number of nitrogens with zero attached hydrogens (tertiary/aromatic N) is 4. The number of nitriles is 1. The lowest BCUT2D eigenvalue weighted by atomic mass is 9.76. The van der Waals surface area contributed by atoms with Crippen molar-refractivity contribution >= 4 is 49.7 Å². The number of hydrazine groups is 2. The van der Waals surface area contributed by atoms with Crippen molar-refractivity contribution in [1.29, 1.82) is 5.26 Å². The van der Waals surface area contributed by atoms with Crippen molar-refractivity contribution in [2.75, 3.05) is 17.2 Å². The highest BCUT2D eigenvalue weighted by molar-refractivity contribution is 7.17. The van der Waals surface area contributed by atoms with Crippen molar-refractivity contribution < 1.29 is 9.18 Å². The van der Waals surface area contributed by atoms with Crippen LogP contribution in [-0.2, 0) is 4.79 Å². The SMILES string of the molecule is CC(C)(C)CNc1c(C#N)cnc2c(F)cc(N[C@H](C3=C4NC(=O)C5(CCC5)N4NN3)c3cccc4ncsc34)cc12. The molecule has 42 heavy (non-hydrogen) atoms. The van der Waals surface area contributed by atoms with Crippen LogP contribution in [0.1, 0.15) is 57.2 Å². The van der Waals surface area contributed by atoms with Gasteiger partial charge in [0.05, 0.1) is 38.7 Å². The zero-order chi connectivity index (χ0) is 29.2. The normalized spacial score (nSPS) is 18.1. The van der Waals surface area contributed by atoms with Gasteiger partial charge in [-0.25, -0.2) is 9.37 Å². The zero-order valence-corrected chi connectivity index (χ0v) is 24.2. The number of halogens is 1. The van der Waals surface area contributed by atoms with Gasteiger partial charge < -0.3 is 21.4 Å². The van der Waals surface area contributed by atoms with Gasteiger partial charge in [0.1, 0.15) is 22.9 Å². The largest absolute Gasteiger partial charge is 0.383 e. The lowest BCUT2D eigenvalue weighted by molar-refractivity contribution is -0.132. The lowest BCUT2D eigenvalue weighted by Crippen LogP contribution is -2.59. The van der Waals surface area contributed by atoms with Crippen LogP contribution in [0.15, 0.2) is 53.6 Å². The first kappa shape index (κ1) is 26.4. The number of fused-ring (bicyclic) bond motifs is 4. The minimum Gasteiger partial charge on any atom is -0.383 e. The second kappa shape index (κ2) is 9.54. The molecule has 0 bridgehead atoms. The summed E-state index contributed by atoms with van der Waals surface area (Å²) in [4.78, 5) is 21.8. The molecule has 10 nitrogen and oxygen atoms in total. The summed E-state index contributed by atoms with van der Waals surface area (Å²) >= 11 is 1.52. The van der Waals surface area contributed by atoms with E-state index in [0.29, 0.717) is 40.4 Å². The van der Waals surface area contributed by atoms with Crippen molar-refractivity contribution in [3.05, 3.63) is 70.5 Å². The first-order valence-electron chi connectivity index (χ1n) is 13.9. The highest BCUT2D eigenvalue weighted by Crippen LogP contribution is 2.46. The summed E-state index contributed by atoms with van der Waals surface area (Å²) in [5, 5.41) is 22.2. The van der Waals surface area contributed by atoms with Gasteiger partial charge in [0.2, 0.25) is 0 Å².